The highest BCUT2D eigenvalue weighted by Gasteiger charge is 2.84. The molecule has 1 saturated heterocycles. The van der Waals surface area contributed by atoms with Crippen LogP contribution in [0, 0.1) is 45.8 Å². The van der Waals surface area contributed by atoms with Crippen LogP contribution in [0.15, 0.2) is 11.6 Å². The fourth-order valence-corrected chi connectivity index (χ4v) is 9.27. The second-order valence-electron chi connectivity index (χ2n) is 12.1. The van der Waals surface area contributed by atoms with Gasteiger partial charge >= 0.3 is 5.97 Å². The van der Waals surface area contributed by atoms with Crippen LogP contribution in [0.1, 0.15) is 53.4 Å². The van der Waals surface area contributed by atoms with Crippen molar-refractivity contribution in [1.29, 1.82) is 0 Å². The molecule has 35 heavy (non-hydrogen) atoms. The van der Waals surface area contributed by atoms with Crippen molar-refractivity contribution in [3.05, 3.63) is 11.6 Å². The maximum Gasteiger partial charge on any atom is 0.315 e. The Morgan fingerprint density at radius 2 is 1.97 bits per heavy atom. The number of ether oxygens (including phenoxy) is 3. The van der Waals surface area contributed by atoms with Gasteiger partial charge in [0, 0.05) is 12.5 Å². The van der Waals surface area contributed by atoms with Gasteiger partial charge in [0.2, 0.25) is 0 Å². The zero-order chi connectivity index (χ0) is 25.5. The van der Waals surface area contributed by atoms with Gasteiger partial charge < -0.3 is 24.1 Å². The smallest absolute Gasteiger partial charge is 0.315 e. The maximum atomic E-state index is 15.0. The molecule has 7 unspecified atom stereocenters. The lowest BCUT2D eigenvalue weighted by Crippen LogP contribution is -2.64. The summed E-state index contributed by atoms with van der Waals surface area (Å²) in [7, 11) is 1.32. The molecular weight excluding hydrogens is 458 g/mol. The Balaban J connectivity index is 1.57. The van der Waals surface area contributed by atoms with Gasteiger partial charge in [-0.2, -0.15) is 0 Å². The molecule has 5 rings (SSSR count). The van der Waals surface area contributed by atoms with E-state index in [1.54, 1.807) is 6.92 Å². The van der Waals surface area contributed by atoms with Crippen LogP contribution in [0.5, 0.6) is 0 Å². The molecular formula is C27H38F2O6. The number of carboxylic acids is 1. The predicted octanol–water partition coefficient (Wildman–Crippen LogP) is 4.36. The number of alkyl halides is 2. The van der Waals surface area contributed by atoms with E-state index < -0.39 is 53.1 Å². The zero-order valence-corrected chi connectivity index (χ0v) is 21.2. The van der Waals surface area contributed by atoms with Crippen LogP contribution >= 0.6 is 0 Å². The first-order chi connectivity index (χ1) is 16.5. The molecule has 1 heterocycles. The molecule has 8 heteroatoms. The van der Waals surface area contributed by atoms with Gasteiger partial charge in [0.1, 0.15) is 17.8 Å². The third-order valence-electron chi connectivity index (χ3n) is 10.6. The number of hydrogen-bond acceptors (Lipinski definition) is 5. The molecule has 196 valence electrons. The summed E-state index contributed by atoms with van der Waals surface area (Å²) >= 11 is 0. The summed E-state index contributed by atoms with van der Waals surface area (Å²) in [5.74, 6) is -0.676. The minimum atomic E-state index is -2.05. The fraction of sp³-hybridized carbons (Fsp3) is 0.852. The SMILES string of the molecule is CO[C@H]1[C@H](F)[C@@H](F)[C@H](OCC23CC4C(C)CCC4C4(C=O)CC2C=C(C(C)C)C43C(=O)O)O[C@@H]1C. The number of carboxylic acid groups (broad SMARTS) is 1. The van der Waals surface area contributed by atoms with Gasteiger partial charge in [0.15, 0.2) is 18.6 Å². The summed E-state index contributed by atoms with van der Waals surface area (Å²) in [4.78, 5) is 26.4. The number of allylic oxidation sites excluding steroid dienone is 1. The summed E-state index contributed by atoms with van der Waals surface area (Å²) in [6.45, 7) is 7.63. The van der Waals surface area contributed by atoms with E-state index in [2.05, 4.69) is 13.0 Å². The molecule has 12 atom stereocenters. The second kappa shape index (κ2) is 8.32. The third kappa shape index (κ3) is 2.90. The molecule has 3 saturated carbocycles. The highest BCUT2D eigenvalue weighted by Crippen LogP contribution is 2.82. The largest absolute Gasteiger partial charge is 0.481 e. The van der Waals surface area contributed by atoms with Gasteiger partial charge in [-0.05, 0) is 55.8 Å². The lowest BCUT2D eigenvalue weighted by molar-refractivity contribution is -0.284. The van der Waals surface area contributed by atoms with Crippen LogP contribution in [-0.2, 0) is 23.8 Å². The van der Waals surface area contributed by atoms with Crippen molar-refractivity contribution in [1.82, 2.24) is 0 Å². The molecule has 0 spiro atoms. The normalized spacial score (nSPS) is 52.5. The second-order valence-corrected chi connectivity index (χ2v) is 12.1. The predicted molar refractivity (Wildman–Crippen MR) is 123 cm³/mol. The number of carbonyl (C=O) groups is 2. The Morgan fingerprint density at radius 1 is 1.26 bits per heavy atom. The van der Waals surface area contributed by atoms with Crippen molar-refractivity contribution in [2.75, 3.05) is 13.7 Å². The molecule has 1 aliphatic heterocycles. The molecule has 6 nitrogen and oxygen atoms in total. The monoisotopic (exact) mass is 496 g/mol. The van der Waals surface area contributed by atoms with Gasteiger partial charge in [-0.3, -0.25) is 4.79 Å². The Bertz CT molecular complexity index is 923. The Morgan fingerprint density at radius 3 is 2.57 bits per heavy atom. The summed E-state index contributed by atoms with van der Waals surface area (Å²) < 4.78 is 46.6. The summed E-state index contributed by atoms with van der Waals surface area (Å²) in [5, 5.41) is 11.0. The molecule has 5 aliphatic rings. The minimum Gasteiger partial charge on any atom is -0.481 e. The number of methoxy groups -OCH3 is 1. The highest BCUT2D eigenvalue weighted by molar-refractivity contribution is 5.90. The van der Waals surface area contributed by atoms with Gasteiger partial charge in [-0.15, -0.1) is 0 Å². The van der Waals surface area contributed by atoms with Crippen LogP contribution in [0.3, 0.4) is 0 Å². The van der Waals surface area contributed by atoms with Crippen LogP contribution in [0.2, 0.25) is 0 Å². The molecule has 4 aliphatic carbocycles. The van der Waals surface area contributed by atoms with Crippen LogP contribution < -0.4 is 0 Å². The number of hydrogen-bond donors (Lipinski definition) is 1. The molecule has 1 N–H and O–H groups in total. The van der Waals surface area contributed by atoms with Gasteiger partial charge in [0.05, 0.1) is 18.1 Å². The van der Waals surface area contributed by atoms with Crippen LogP contribution in [0.4, 0.5) is 8.78 Å². The third-order valence-corrected chi connectivity index (χ3v) is 10.6. The average molecular weight is 497 g/mol. The first-order valence-electron chi connectivity index (χ1n) is 13.0. The molecule has 4 fully saturated rings. The van der Waals surface area contributed by atoms with Crippen LogP contribution in [-0.4, -0.2) is 61.9 Å². The van der Waals surface area contributed by atoms with Crippen molar-refractivity contribution in [2.45, 2.75) is 84.2 Å². The highest BCUT2D eigenvalue weighted by atomic mass is 19.2. The number of aldehydes is 1. The van der Waals surface area contributed by atoms with E-state index in [1.165, 1.54) is 7.11 Å². The van der Waals surface area contributed by atoms with Gasteiger partial charge in [0.25, 0.3) is 0 Å². The number of aliphatic carboxylic acids is 1. The summed E-state index contributed by atoms with van der Waals surface area (Å²) in [5.41, 5.74) is -2.56. The molecule has 0 aromatic carbocycles. The standard InChI is InChI=1S/C27H38F2O6/c1-13(2)19-8-16-9-25(11-30)18-7-6-14(3)17(18)10-26(16,27(19,25)24(31)32)12-34-23-21(29)20(28)22(33-5)15(4)35-23/h8,11,13-18,20-23H,6-7,9-10,12H2,1-5H3,(H,31,32)/t14?,15-,16?,17?,18?,20-,21-,22-,23-,25?,26?,27?/m1/s1. The Labute approximate surface area is 205 Å². The fourth-order valence-electron chi connectivity index (χ4n) is 9.27. The number of halogens is 2. The maximum absolute atomic E-state index is 15.0. The van der Waals surface area contributed by atoms with E-state index in [0.717, 1.165) is 24.7 Å². The molecule has 4 bridgehead atoms. The molecule has 0 aromatic heterocycles. The van der Waals surface area contributed by atoms with E-state index in [4.69, 9.17) is 14.2 Å². The first-order valence-corrected chi connectivity index (χ1v) is 13.0. The average Bonchev–Trinajstić information content (AvgIpc) is 3.38. The number of rotatable bonds is 7. The van der Waals surface area contributed by atoms with Gasteiger partial charge in [-0.1, -0.05) is 38.8 Å². The Hall–Kier alpha value is -1.38. The zero-order valence-electron chi connectivity index (χ0n) is 21.2. The molecule has 0 aromatic rings. The lowest BCUT2D eigenvalue weighted by Gasteiger charge is -2.58. The van der Waals surface area contributed by atoms with E-state index in [0.29, 0.717) is 18.8 Å². The van der Waals surface area contributed by atoms with Crippen molar-refractivity contribution in [2.24, 2.45) is 45.8 Å². The quantitative estimate of drug-likeness (QED) is 0.417. The Kier molecular flexibility index (Phi) is 6.01. The van der Waals surface area contributed by atoms with Crippen molar-refractivity contribution >= 4 is 12.3 Å². The minimum absolute atomic E-state index is 0.00392. The van der Waals surface area contributed by atoms with Gasteiger partial charge in [-0.25, -0.2) is 8.78 Å². The van der Waals surface area contributed by atoms with Crippen molar-refractivity contribution in [3.8, 4) is 0 Å². The van der Waals surface area contributed by atoms with Crippen LogP contribution in [0.25, 0.3) is 0 Å². The molecule has 0 radical (unpaired) electrons. The first kappa shape index (κ1) is 25.3. The van der Waals surface area contributed by atoms with E-state index >= 15 is 4.39 Å². The topological polar surface area (TPSA) is 82.1 Å². The molecule has 0 amide bonds. The van der Waals surface area contributed by atoms with E-state index in [1.807, 2.05) is 13.8 Å². The lowest BCUT2D eigenvalue weighted by atomic mass is 9.43. The summed E-state index contributed by atoms with van der Waals surface area (Å²) in [6.07, 6.45) is -1.32. The van der Waals surface area contributed by atoms with E-state index in [9.17, 15) is 19.1 Å². The van der Waals surface area contributed by atoms with E-state index in [-0.39, 0.29) is 30.3 Å². The summed E-state index contributed by atoms with van der Waals surface area (Å²) in [6, 6.07) is 0. The van der Waals surface area contributed by atoms with Crippen molar-refractivity contribution in [3.63, 3.8) is 0 Å². The van der Waals surface area contributed by atoms with Crippen molar-refractivity contribution < 1.29 is 37.7 Å². The number of fused-ring (bicyclic) bond motifs is 2. The number of carbonyl (C=O) groups excluding carboxylic acids is 1.